The van der Waals surface area contributed by atoms with Crippen molar-refractivity contribution in [3.63, 3.8) is 0 Å². The zero-order chi connectivity index (χ0) is 16.1. The first kappa shape index (κ1) is 16.5. The van der Waals surface area contributed by atoms with Crippen molar-refractivity contribution >= 4 is 27.9 Å². The normalized spacial score (nSPS) is 15.4. The molecule has 6 nitrogen and oxygen atoms in total. The van der Waals surface area contributed by atoms with Gasteiger partial charge in [0.05, 0.1) is 11.0 Å². The Labute approximate surface area is 135 Å². The van der Waals surface area contributed by atoms with E-state index >= 15 is 0 Å². The van der Waals surface area contributed by atoms with Crippen molar-refractivity contribution in [1.29, 1.82) is 0 Å². The summed E-state index contributed by atoms with van der Waals surface area (Å²) in [6, 6.07) is 3.73. The van der Waals surface area contributed by atoms with Crippen LogP contribution in [0.1, 0.15) is 6.92 Å². The molecule has 1 heterocycles. The lowest BCUT2D eigenvalue weighted by molar-refractivity contribution is -0.123. The highest BCUT2D eigenvalue weighted by Crippen LogP contribution is 2.25. The van der Waals surface area contributed by atoms with E-state index in [2.05, 4.69) is 21.2 Å². The fourth-order valence-electron chi connectivity index (χ4n) is 2.02. The molecule has 1 aliphatic heterocycles. The van der Waals surface area contributed by atoms with Crippen LogP contribution in [-0.4, -0.2) is 49.2 Å². The summed E-state index contributed by atoms with van der Waals surface area (Å²) in [4.78, 5) is 24.6. The average Bonchev–Trinajstić information content (AvgIpc) is 2.83. The van der Waals surface area contributed by atoms with Gasteiger partial charge < -0.3 is 19.7 Å². The summed E-state index contributed by atoms with van der Waals surface area (Å²) >= 11 is 3.16. The Hall–Kier alpha value is -1.83. The Morgan fingerprint density at radius 3 is 3.00 bits per heavy atom. The highest BCUT2D eigenvalue weighted by Gasteiger charge is 2.24. The molecule has 1 aromatic carbocycles. The van der Waals surface area contributed by atoms with E-state index in [0.29, 0.717) is 29.9 Å². The van der Waals surface area contributed by atoms with E-state index in [1.54, 1.807) is 6.92 Å². The number of halogens is 2. The van der Waals surface area contributed by atoms with Gasteiger partial charge >= 0.3 is 6.09 Å². The summed E-state index contributed by atoms with van der Waals surface area (Å²) < 4.78 is 23.5. The number of carbonyl (C=O) groups is 2. The number of hydrogen-bond acceptors (Lipinski definition) is 4. The Morgan fingerprint density at radius 1 is 1.59 bits per heavy atom. The van der Waals surface area contributed by atoms with Crippen LogP contribution in [0.3, 0.4) is 0 Å². The van der Waals surface area contributed by atoms with Gasteiger partial charge in [0.1, 0.15) is 18.2 Å². The molecule has 0 radical (unpaired) electrons. The maximum absolute atomic E-state index is 12.9. The van der Waals surface area contributed by atoms with Crippen molar-refractivity contribution < 1.29 is 23.5 Å². The van der Waals surface area contributed by atoms with Crippen molar-refractivity contribution in [3.05, 3.63) is 28.5 Å². The molecule has 1 atom stereocenters. The van der Waals surface area contributed by atoms with Crippen molar-refractivity contribution in [2.75, 3.05) is 26.3 Å². The molecule has 1 N–H and O–H groups in total. The predicted molar refractivity (Wildman–Crippen MR) is 80.1 cm³/mol. The number of rotatable bonds is 6. The van der Waals surface area contributed by atoms with Gasteiger partial charge in [0.2, 0.25) is 0 Å². The molecule has 0 bridgehead atoms. The second kappa shape index (κ2) is 7.44. The van der Waals surface area contributed by atoms with E-state index < -0.39 is 5.82 Å². The van der Waals surface area contributed by atoms with Crippen LogP contribution in [-0.2, 0) is 9.53 Å². The van der Waals surface area contributed by atoms with E-state index in [1.165, 1.54) is 23.1 Å². The first-order chi connectivity index (χ1) is 10.5. The number of hydrogen-bond donors (Lipinski definition) is 1. The molecule has 1 unspecified atom stereocenters. The van der Waals surface area contributed by atoms with Gasteiger partial charge in [-0.25, -0.2) is 9.18 Å². The summed E-state index contributed by atoms with van der Waals surface area (Å²) in [5.41, 5.74) is 0. The lowest BCUT2D eigenvalue weighted by Crippen LogP contribution is -2.43. The molecule has 120 valence electrons. The summed E-state index contributed by atoms with van der Waals surface area (Å²) in [5, 5.41) is 2.73. The van der Waals surface area contributed by atoms with Crippen LogP contribution in [0, 0.1) is 5.82 Å². The molecular weight excluding hydrogens is 359 g/mol. The lowest BCUT2D eigenvalue weighted by Gasteiger charge is -2.19. The van der Waals surface area contributed by atoms with Gasteiger partial charge in [0.15, 0.2) is 6.61 Å². The van der Waals surface area contributed by atoms with E-state index in [4.69, 9.17) is 9.47 Å². The Morgan fingerprint density at radius 2 is 2.36 bits per heavy atom. The fraction of sp³-hybridized carbons (Fsp3) is 0.429. The molecule has 1 saturated heterocycles. The van der Waals surface area contributed by atoms with Gasteiger partial charge in [-0.2, -0.15) is 0 Å². The third kappa shape index (κ3) is 4.59. The topological polar surface area (TPSA) is 67.9 Å². The summed E-state index contributed by atoms with van der Waals surface area (Å²) in [6.45, 7) is 2.88. The number of amides is 2. The Bertz CT molecular complexity index is 570. The molecule has 1 fully saturated rings. The maximum atomic E-state index is 12.9. The molecule has 0 aliphatic carbocycles. The molecular formula is C14H16BrFN2O4. The largest absolute Gasteiger partial charge is 0.483 e. The van der Waals surface area contributed by atoms with Crippen LogP contribution in [0.25, 0.3) is 0 Å². The standard InChI is InChI=1S/C14H16BrFN2O4/c1-9(7-18-4-5-21-14(18)20)17-13(19)8-22-12-3-2-10(16)6-11(12)15/h2-3,6,9H,4-5,7-8H2,1H3,(H,17,19). The molecule has 1 aromatic rings. The number of nitrogens with one attached hydrogen (secondary N) is 1. The molecule has 2 rings (SSSR count). The lowest BCUT2D eigenvalue weighted by atomic mass is 10.3. The van der Waals surface area contributed by atoms with E-state index in [0.717, 1.165) is 0 Å². The monoisotopic (exact) mass is 374 g/mol. The summed E-state index contributed by atoms with van der Waals surface area (Å²) in [5.74, 6) is -0.335. The first-order valence-corrected chi connectivity index (χ1v) is 7.54. The van der Waals surface area contributed by atoms with E-state index in [-0.39, 0.29) is 24.6 Å². The van der Waals surface area contributed by atoms with Gasteiger partial charge in [0, 0.05) is 12.6 Å². The number of nitrogens with zero attached hydrogens (tertiary/aromatic N) is 1. The van der Waals surface area contributed by atoms with Crippen LogP contribution >= 0.6 is 15.9 Å². The number of cyclic esters (lactones) is 1. The summed E-state index contributed by atoms with van der Waals surface area (Å²) in [6.07, 6.45) is -0.368. The molecule has 22 heavy (non-hydrogen) atoms. The van der Waals surface area contributed by atoms with Gasteiger partial charge in [-0.3, -0.25) is 4.79 Å². The maximum Gasteiger partial charge on any atom is 0.410 e. The van der Waals surface area contributed by atoms with Crippen LogP contribution in [0.4, 0.5) is 9.18 Å². The van der Waals surface area contributed by atoms with Crippen LogP contribution < -0.4 is 10.1 Å². The minimum atomic E-state index is -0.394. The highest BCUT2D eigenvalue weighted by atomic mass is 79.9. The van der Waals surface area contributed by atoms with Crippen molar-refractivity contribution in [2.24, 2.45) is 0 Å². The van der Waals surface area contributed by atoms with Gasteiger partial charge in [-0.05, 0) is 41.1 Å². The van der Waals surface area contributed by atoms with Crippen molar-refractivity contribution in [3.8, 4) is 5.75 Å². The van der Waals surface area contributed by atoms with Crippen molar-refractivity contribution in [1.82, 2.24) is 10.2 Å². The van der Waals surface area contributed by atoms with Crippen LogP contribution in [0.5, 0.6) is 5.75 Å². The van der Waals surface area contributed by atoms with E-state index in [1.807, 2.05) is 0 Å². The molecule has 0 saturated carbocycles. The molecule has 0 spiro atoms. The molecule has 0 aromatic heterocycles. The number of benzene rings is 1. The zero-order valence-electron chi connectivity index (χ0n) is 12.0. The average molecular weight is 375 g/mol. The fourth-order valence-corrected chi connectivity index (χ4v) is 2.49. The Kier molecular flexibility index (Phi) is 5.59. The third-order valence-electron chi connectivity index (χ3n) is 3.00. The van der Waals surface area contributed by atoms with Gasteiger partial charge in [-0.1, -0.05) is 0 Å². The van der Waals surface area contributed by atoms with Crippen LogP contribution in [0.2, 0.25) is 0 Å². The molecule has 8 heteroatoms. The highest BCUT2D eigenvalue weighted by molar-refractivity contribution is 9.10. The molecule has 2 amide bonds. The molecule has 1 aliphatic rings. The predicted octanol–water partition coefficient (Wildman–Crippen LogP) is 1.92. The quantitative estimate of drug-likeness (QED) is 0.825. The van der Waals surface area contributed by atoms with Crippen molar-refractivity contribution in [2.45, 2.75) is 13.0 Å². The van der Waals surface area contributed by atoms with Gasteiger partial charge in [-0.15, -0.1) is 0 Å². The van der Waals surface area contributed by atoms with Crippen LogP contribution in [0.15, 0.2) is 22.7 Å². The van der Waals surface area contributed by atoms with Gasteiger partial charge in [0.25, 0.3) is 5.91 Å². The first-order valence-electron chi connectivity index (χ1n) is 6.74. The minimum absolute atomic E-state index is 0.195. The minimum Gasteiger partial charge on any atom is -0.483 e. The Balaban J connectivity index is 1.76. The second-order valence-corrected chi connectivity index (χ2v) is 5.75. The number of carbonyl (C=O) groups excluding carboxylic acids is 2. The SMILES string of the molecule is CC(CN1CCOC1=O)NC(=O)COc1ccc(F)cc1Br. The summed E-state index contributed by atoms with van der Waals surface area (Å²) in [7, 11) is 0. The zero-order valence-corrected chi connectivity index (χ0v) is 13.6. The van der Waals surface area contributed by atoms with E-state index in [9.17, 15) is 14.0 Å². The smallest absolute Gasteiger partial charge is 0.410 e. The number of ether oxygens (including phenoxy) is 2. The second-order valence-electron chi connectivity index (χ2n) is 4.89. The third-order valence-corrected chi connectivity index (χ3v) is 3.62.